The SMILES string of the molecule is CCOC(=O)C(Cc1ccccc1)NP(=O)(N[C@@H](Cc1ccccc1)C(=O)OCC)OC[C@H]1OC2(C)[C@@H](n3ccc(OC)nc3=O)C2(O)C1O. The largest absolute Gasteiger partial charge is 0.481 e. The van der Waals surface area contributed by atoms with Crippen LogP contribution in [0.2, 0.25) is 0 Å². The molecule has 1 saturated carbocycles. The summed E-state index contributed by atoms with van der Waals surface area (Å²) in [5.41, 5.74) is -2.61. The number of carbonyl (C=O) groups is 2. The van der Waals surface area contributed by atoms with Gasteiger partial charge >= 0.3 is 25.3 Å². The van der Waals surface area contributed by atoms with Crippen molar-refractivity contribution in [2.45, 2.75) is 75.1 Å². The van der Waals surface area contributed by atoms with Gasteiger partial charge in [-0.1, -0.05) is 60.7 Å². The summed E-state index contributed by atoms with van der Waals surface area (Å²) in [6.07, 6.45) is -1.33. The number of hydrogen-bond acceptors (Lipinski definition) is 12. The van der Waals surface area contributed by atoms with Crippen LogP contribution in [-0.4, -0.2) is 94.1 Å². The molecule has 2 heterocycles. The topological polar surface area (TPSA) is 197 Å². The molecule has 0 bridgehead atoms. The van der Waals surface area contributed by atoms with Crippen molar-refractivity contribution in [3.05, 3.63) is 94.5 Å². The van der Waals surface area contributed by atoms with Gasteiger partial charge < -0.3 is 33.7 Å². The zero-order valence-corrected chi connectivity index (χ0v) is 29.2. The molecule has 1 aliphatic heterocycles. The lowest BCUT2D eigenvalue weighted by atomic mass is 10.1. The number of esters is 2. The minimum atomic E-state index is -4.43. The summed E-state index contributed by atoms with van der Waals surface area (Å²) in [6, 6.07) is 16.0. The van der Waals surface area contributed by atoms with Crippen LogP contribution < -0.4 is 20.6 Å². The molecule has 0 amide bonds. The van der Waals surface area contributed by atoms with E-state index >= 15 is 0 Å². The molecule has 15 nitrogen and oxygen atoms in total. The molecule has 8 atom stereocenters. The van der Waals surface area contributed by atoms with E-state index in [2.05, 4.69) is 15.2 Å². The van der Waals surface area contributed by atoms with Crippen LogP contribution in [0.1, 0.15) is 37.9 Å². The van der Waals surface area contributed by atoms with E-state index in [1.165, 1.54) is 26.3 Å². The smallest absolute Gasteiger partial charge is 0.351 e. The van der Waals surface area contributed by atoms with E-state index in [1.54, 1.807) is 62.4 Å². The van der Waals surface area contributed by atoms with Gasteiger partial charge in [0.05, 0.1) is 26.9 Å². The number of nitrogens with one attached hydrogen (secondary N) is 2. The molecule has 2 aliphatic rings. The second kappa shape index (κ2) is 15.5. The van der Waals surface area contributed by atoms with Crippen molar-refractivity contribution in [1.82, 2.24) is 19.7 Å². The van der Waals surface area contributed by atoms with Crippen LogP contribution in [0, 0.1) is 0 Å². The van der Waals surface area contributed by atoms with E-state index < -0.39 is 73.4 Å². The number of rotatable bonds is 17. The number of nitrogens with zero attached hydrogens (tertiary/aromatic N) is 2. The molecule has 1 aromatic heterocycles. The normalized spacial score (nSPS) is 26.2. The average molecular weight is 715 g/mol. The van der Waals surface area contributed by atoms with Crippen LogP contribution in [0.5, 0.6) is 5.88 Å². The second-order valence-corrected chi connectivity index (χ2v) is 14.1. The fourth-order valence-electron chi connectivity index (χ4n) is 6.41. The van der Waals surface area contributed by atoms with E-state index in [4.69, 9.17) is 23.5 Å². The van der Waals surface area contributed by atoms with Gasteiger partial charge in [0.25, 0.3) is 0 Å². The first-order valence-electron chi connectivity index (χ1n) is 16.3. The Labute approximate surface area is 289 Å². The first kappa shape index (κ1) is 37.3. The summed E-state index contributed by atoms with van der Waals surface area (Å²) in [5.74, 6) is -1.34. The highest BCUT2D eigenvalue weighted by molar-refractivity contribution is 7.54. The predicted octanol–water partition coefficient (Wildman–Crippen LogP) is 1.71. The maximum atomic E-state index is 14.8. The average Bonchev–Trinajstić information content (AvgIpc) is 3.51. The van der Waals surface area contributed by atoms with E-state index in [1.807, 2.05) is 12.1 Å². The Morgan fingerprint density at radius 2 is 1.48 bits per heavy atom. The quantitative estimate of drug-likeness (QED) is 0.117. The Morgan fingerprint density at radius 3 is 1.90 bits per heavy atom. The third-order valence-corrected chi connectivity index (χ3v) is 10.7. The van der Waals surface area contributed by atoms with E-state index in [0.29, 0.717) is 0 Å². The van der Waals surface area contributed by atoms with Crippen molar-refractivity contribution in [3.8, 4) is 5.88 Å². The number of aliphatic hydroxyl groups is 2. The Hall–Kier alpha value is -3.95. The summed E-state index contributed by atoms with van der Waals surface area (Å²) in [5, 5.41) is 28.5. The molecule has 2 fully saturated rings. The highest BCUT2D eigenvalue weighted by Gasteiger charge is 2.85. The Balaban J connectivity index is 1.41. The maximum absolute atomic E-state index is 14.8. The molecule has 0 radical (unpaired) electrons. The Morgan fingerprint density at radius 1 is 0.960 bits per heavy atom. The van der Waals surface area contributed by atoms with Crippen LogP contribution >= 0.6 is 7.67 Å². The number of aromatic nitrogens is 2. The lowest BCUT2D eigenvalue weighted by Crippen LogP contribution is -2.47. The fraction of sp³-hybridized carbons (Fsp3) is 0.471. The molecule has 2 aromatic carbocycles. The number of hydrogen-bond donors (Lipinski definition) is 4. The lowest BCUT2D eigenvalue weighted by molar-refractivity contribution is -0.145. The highest BCUT2D eigenvalue weighted by Crippen LogP contribution is 2.67. The molecular weight excluding hydrogens is 671 g/mol. The summed E-state index contributed by atoms with van der Waals surface area (Å²) in [4.78, 5) is 42.9. The van der Waals surface area contributed by atoms with Crippen LogP contribution in [0.3, 0.4) is 0 Å². The lowest BCUT2D eigenvalue weighted by Gasteiger charge is -2.30. The summed E-state index contributed by atoms with van der Waals surface area (Å²) in [6.45, 7) is 4.36. The Kier molecular flexibility index (Phi) is 11.6. The summed E-state index contributed by atoms with van der Waals surface area (Å²) in [7, 11) is -3.07. The zero-order valence-electron chi connectivity index (χ0n) is 28.3. The van der Waals surface area contributed by atoms with Gasteiger partial charge in [0, 0.05) is 12.3 Å². The predicted molar refractivity (Wildman–Crippen MR) is 179 cm³/mol. The van der Waals surface area contributed by atoms with E-state index in [0.717, 1.165) is 15.7 Å². The molecular formula is C34H43N4O11P. The third-order valence-electron chi connectivity index (χ3n) is 8.92. The number of fused-ring (bicyclic) bond motifs is 1. The van der Waals surface area contributed by atoms with Crippen LogP contribution in [-0.2, 0) is 45.7 Å². The molecule has 3 aromatic rings. The van der Waals surface area contributed by atoms with Crippen molar-refractivity contribution < 1.29 is 47.8 Å². The van der Waals surface area contributed by atoms with Crippen LogP contribution in [0.4, 0.5) is 0 Å². The van der Waals surface area contributed by atoms with Gasteiger partial charge in [-0.3, -0.25) is 18.7 Å². The molecule has 4 N–H and O–H groups in total. The highest BCUT2D eigenvalue weighted by atomic mass is 31.2. The number of ether oxygens (including phenoxy) is 4. The van der Waals surface area contributed by atoms with Crippen molar-refractivity contribution in [1.29, 1.82) is 0 Å². The number of aliphatic hydroxyl groups excluding tert-OH is 1. The molecule has 5 rings (SSSR count). The van der Waals surface area contributed by atoms with Gasteiger partial charge in [0.1, 0.15) is 41.5 Å². The van der Waals surface area contributed by atoms with Gasteiger partial charge in [-0.25, -0.2) is 15.0 Å². The molecule has 270 valence electrons. The zero-order chi connectivity index (χ0) is 36.1. The number of methoxy groups -OCH3 is 1. The van der Waals surface area contributed by atoms with E-state index in [9.17, 15) is 29.2 Å². The molecule has 16 heteroatoms. The van der Waals surface area contributed by atoms with Gasteiger partial charge in [0.15, 0.2) is 0 Å². The molecule has 50 heavy (non-hydrogen) atoms. The fourth-order valence-corrected chi connectivity index (χ4v) is 8.21. The number of carbonyl (C=O) groups excluding carboxylic acids is 2. The van der Waals surface area contributed by atoms with E-state index in [-0.39, 0.29) is 31.9 Å². The summed E-state index contributed by atoms with van der Waals surface area (Å²) < 4.78 is 43.6. The van der Waals surface area contributed by atoms with Crippen molar-refractivity contribution in [2.24, 2.45) is 0 Å². The molecule has 5 unspecified atom stereocenters. The monoisotopic (exact) mass is 714 g/mol. The van der Waals surface area contributed by atoms with Crippen molar-refractivity contribution in [3.63, 3.8) is 0 Å². The first-order chi connectivity index (χ1) is 23.9. The maximum Gasteiger partial charge on any atom is 0.351 e. The minimum absolute atomic E-state index is 0.0527. The van der Waals surface area contributed by atoms with Gasteiger partial charge in [0.2, 0.25) is 5.88 Å². The molecule has 0 spiro atoms. The first-order valence-corrected chi connectivity index (χ1v) is 17.9. The molecule has 1 saturated heterocycles. The second-order valence-electron chi connectivity index (χ2n) is 12.2. The van der Waals surface area contributed by atoms with Gasteiger partial charge in [-0.2, -0.15) is 4.98 Å². The van der Waals surface area contributed by atoms with Gasteiger partial charge in [-0.15, -0.1) is 0 Å². The Bertz CT molecular complexity index is 1680. The van der Waals surface area contributed by atoms with Crippen molar-refractivity contribution >= 4 is 19.6 Å². The third kappa shape index (κ3) is 7.69. The van der Waals surface area contributed by atoms with Crippen LogP contribution in [0.15, 0.2) is 77.7 Å². The van der Waals surface area contributed by atoms with Crippen molar-refractivity contribution in [2.75, 3.05) is 26.9 Å². The standard InChI is InChI=1S/C34H43N4O11P/c1-5-46-29(40)24(19-22-13-9-7-10-14-22)36-50(44,37-25(30(41)47-6-2)20-23-15-11-8-12-16-23)48-21-26-28(39)34(43)31(33(34,3)49-26)38-18-17-27(45-4)35-32(38)42/h7-18,24-26,28,31,39,43H,5-6,19-21H2,1-4H3,(H2,36,37,44)/t24-,25?,26+,28?,31+,33?,34?,50?/m0/s1. The summed E-state index contributed by atoms with van der Waals surface area (Å²) >= 11 is 0. The van der Waals surface area contributed by atoms with Gasteiger partial charge in [-0.05, 0) is 44.7 Å². The minimum Gasteiger partial charge on any atom is -0.481 e. The molecule has 1 aliphatic carbocycles. The van der Waals surface area contributed by atoms with Crippen LogP contribution in [0.25, 0.3) is 0 Å². The number of benzene rings is 2.